The van der Waals surface area contributed by atoms with Crippen molar-refractivity contribution in [3.05, 3.63) is 65.9 Å². The number of hydrogen-bond donors (Lipinski definition) is 3. The number of nitrogens with one attached hydrogen (secondary N) is 3. The number of anilines is 3. The van der Waals surface area contributed by atoms with E-state index in [9.17, 15) is 14.9 Å². The Morgan fingerprint density at radius 3 is 2.20 bits per heavy atom. The fourth-order valence-electron chi connectivity index (χ4n) is 2.08. The number of aryl methyl sites for hydroxylation is 1. The van der Waals surface area contributed by atoms with Crippen molar-refractivity contribution in [1.82, 2.24) is 0 Å². The van der Waals surface area contributed by atoms with Gasteiger partial charge < -0.3 is 16.0 Å². The molecule has 0 fully saturated rings. The molecule has 0 radical (unpaired) electrons. The topological polar surface area (TPSA) is 94.0 Å². The molecule has 126 valence electrons. The molecule has 3 N–H and O–H groups in total. The van der Waals surface area contributed by atoms with E-state index >= 15 is 0 Å². The molecule has 0 atom stereocenters. The van der Waals surface area contributed by atoms with Crippen LogP contribution in [0.25, 0.3) is 0 Å². The van der Waals surface area contributed by atoms with Crippen LogP contribution in [0.2, 0.25) is 0 Å². The van der Waals surface area contributed by atoms with Crippen molar-refractivity contribution in [2.24, 2.45) is 0 Å². The molecule has 0 aliphatic heterocycles. The first-order chi connectivity index (χ1) is 12.0. The lowest BCUT2D eigenvalue weighted by atomic mass is 10.2. The zero-order valence-corrected chi connectivity index (χ0v) is 14.0. The fourth-order valence-corrected chi connectivity index (χ4v) is 2.08. The Labute approximate surface area is 146 Å². The second-order valence-electron chi connectivity index (χ2n) is 5.40. The standard InChI is InChI=1S/C19H18N4O2/c1-13-4-3-5-18(10-13)21-12-15(11-20)19(25)23-17-8-6-16(7-9-17)22-14(2)24/h3-10,12,21H,1-2H3,(H,22,24)(H,23,25)/b15-12-. The third kappa shape index (κ3) is 5.52. The molecule has 0 aliphatic rings. The first-order valence-corrected chi connectivity index (χ1v) is 7.60. The van der Waals surface area contributed by atoms with E-state index < -0.39 is 5.91 Å². The molecule has 6 nitrogen and oxygen atoms in total. The minimum Gasteiger partial charge on any atom is -0.360 e. The Morgan fingerprint density at radius 1 is 1.00 bits per heavy atom. The number of hydrogen-bond acceptors (Lipinski definition) is 4. The maximum atomic E-state index is 12.2. The predicted molar refractivity (Wildman–Crippen MR) is 97.9 cm³/mol. The zero-order valence-electron chi connectivity index (χ0n) is 14.0. The van der Waals surface area contributed by atoms with Gasteiger partial charge in [-0.25, -0.2) is 0 Å². The first-order valence-electron chi connectivity index (χ1n) is 7.60. The van der Waals surface area contributed by atoms with Crippen molar-refractivity contribution in [3.63, 3.8) is 0 Å². The highest BCUT2D eigenvalue weighted by atomic mass is 16.2. The average molecular weight is 334 g/mol. The summed E-state index contributed by atoms with van der Waals surface area (Å²) < 4.78 is 0. The van der Waals surface area contributed by atoms with Gasteiger partial charge in [-0.2, -0.15) is 5.26 Å². The summed E-state index contributed by atoms with van der Waals surface area (Å²) in [5.74, 6) is -0.691. The minimum absolute atomic E-state index is 0.0487. The van der Waals surface area contributed by atoms with Crippen molar-refractivity contribution >= 4 is 28.9 Å². The molecule has 6 heteroatoms. The van der Waals surface area contributed by atoms with Gasteiger partial charge in [0, 0.05) is 30.2 Å². The molecule has 2 amide bonds. The maximum absolute atomic E-state index is 12.2. The molecule has 0 spiro atoms. The Kier molecular flexibility index (Phi) is 5.91. The predicted octanol–water partition coefficient (Wildman–Crippen LogP) is 3.41. The number of nitriles is 1. The molecule has 2 aromatic carbocycles. The second kappa shape index (κ2) is 8.31. The molecule has 2 aromatic rings. The van der Waals surface area contributed by atoms with Crippen LogP contribution in [0.4, 0.5) is 17.1 Å². The normalized spacial score (nSPS) is 10.5. The van der Waals surface area contributed by atoms with Crippen molar-refractivity contribution in [1.29, 1.82) is 5.26 Å². The third-order valence-corrected chi connectivity index (χ3v) is 3.23. The smallest absolute Gasteiger partial charge is 0.267 e. The lowest BCUT2D eigenvalue weighted by molar-refractivity contribution is -0.114. The van der Waals surface area contributed by atoms with Crippen molar-refractivity contribution in [2.45, 2.75) is 13.8 Å². The second-order valence-corrected chi connectivity index (χ2v) is 5.40. The van der Waals surface area contributed by atoms with Gasteiger partial charge in [0.2, 0.25) is 5.91 Å². The van der Waals surface area contributed by atoms with Crippen LogP contribution in [-0.4, -0.2) is 11.8 Å². The van der Waals surface area contributed by atoms with Gasteiger partial charge in [0.15, 0.2) is 0 Å². The Morgan fingerprint density at radius 2 is 1.64 bits per heavy atom. The van der Waals surface area contributed by atoms with Crippen molar-refractivity contribution < 1.29 is 9.59 Å². The Balaban J connectivity index is 2.03. The molecular weight excluding hydrogens is 316 g/mol. The molecule has 0 saturated heterocycles. The summed E-state index contributed by atoms with van der Waals surface area (Å²) in [5.41, 5.74) is 2.96. The summed E-state index contributed by atoms with van der Waals surface area (Å²) in [6.07, 6.45) is 1.37. The van der Waals surface area contributed by atoms with Gasteiger partial charge in [-0.1, -0.05) is 12.1 Å². The number of rotatable bonds is 5. The van der Waals surface area contributed by atoms with Crippen LogP contribution < -0.4 is 16.0 Å². The van der Waals surface area contributed by atoms with Crippen LogP contribution in [0.5, 0.6) is 0 Å². The van der Waals surface area contributed by atoms with E-state index in [1.165, 1.54) is 13.1 Å². The van der Waals surface area contributed by atoms with E-state index in [0.29, 0.717) is 11.4 Å². The molecule has 0 aromatic heterocycles. The zero-order chi connectivity index (χ0) is 18.2. The van der Waals surface area contributed by atoms with E-state index in [0.717, 1.165) is 11.3 Å². The average Bonchev–Trinajstić information content (AvgIpc) is 2.57. The van der Waals surface area contributed by atoms with Gasteiger partial charge in [0.25, 0.3) is 5.91 Å². The molecule has 0 bridgehead atoms. The summed E-state index contributed by atoms with van der Waals surface area (Å²) >= 11 is 0. The first kappa shape index (κ1) is 17.8. The van der Waals surface area contributed by atoms with E-state index in [1.54, 1.807) is 24.3 Å². The van der Waals surface area contributed by atoms with Crippen LogP contribution >= 0.6 is 0 Å². The van der Waals surface area contributed by atoms with E-state index in [4.69, 9.17) is 0 Å². The van der Waals surface area contributed by atoms with Crippen LogP contribution in [0.1, 0.15) is 12.5 Å². The number of carbonyl (C=O) groups is 2. The summed E-state index contributed by atoms with van der Waals surface area (Å²) in [4.78, 5) is 23.2. The molecular formula is C19H18N4O2. The molecule has 2 rings (SSSR count). The number of benzene rings is 2. The van der Waals surface area contributed by atoms with Gasteiger partial charge in [-0.15, -0.1) is 0 Å². The third-order valence-electron chi connectivity index (χ3n) is 3.23. The number of carbonyl (C=O) groups excluding carboxylic acids is 2. The summed E-state index contributed by atoms with van der Waals surface area (Å²) in [6, 6.07) is 16.1. The van der Waals surface area contributed by atoms with Gasteiger partial charge in [-0.05, 0) is 48.9 Å². The highest BCUT2D eigenvalue weighted by Crippen LogP contribution is 2.15. The molecule has 0 unspecified atom stereocenters. The monoisotopic (exact) mass is 334 g/mol. The van der Waals surface area contributed by atoms with Crippen LogP contribution in [0.3, 0.4) is 0 Å². The highest BCUT2D eigenvalue weighted by Gasteiger charge is 2.09. The highest BCUT2D eigenvalue weighted by molar-refractivity contribution is 6.06. The number of amides is 2. The Bertz CT molecular complexity index is 848. The SMILES string of the molecule is CC(=O)Nc1ccc(NC(=O)/C(C#N)=C\Nc2cccc(C)c2)cc1. The van der Waals surface area contributed by atoms with E-state index in [-0.39, 0.29) is 11.5 Å². The number of nitrogens with zero attached hydrogens (tertiary/aromatic N) is 1. The van der Waals surface area contributed by atoms with Crippen molar-refractivity contribution in [3.8, 4) is 6.07 Å². The van der Waals surface area contributed by atoms with Crippen LogP contribution in [0.15, 0.2) is 60.3 Å². The summed E-state index contributed by atoms with van der Waals surface area (Å²) in [7, 11) is 0. The van der Waals surface area contributed by atoms with Gasteiger partial charge in [-0.3, -0.25) is 9.59 Å². The van der Waals surface area contributed by atoms with Crippen LogP contribution in [-0.2, 0) is 9.59 Å². The van der Waals surface area contributed by atoms with E-state index in [1.807, 2.05) is 37.3 Å². The molecule has 0 heterocycles. The molecule has 0 aliphatic carbocycles. The van der Waals surface area contributed by atoms with Crippen LogP contribution in [0, 0.1) is 18.3 Å². The van der Waals surface area contributed by atoms with Gasteiger partial charge in [0.1, 0.15) is 11.6 Å². The summed E-state index contributed by atoms with van der Waals surface area (Å²) in [6.45, 7) is 3.37. The maximum Gasteiger partial charge on any atom is 0.267 e. The minimum atomic E-state index is -0.519. The molecule has 25 heavy (non-hydrogen) atoms. The van der Waals surface area contributed by atoms with Gasteiger partial charge >= 0.3 is 0 Å². The molecule has 0 saturated carbocycles. The fraction of sp³-hybridized carbons (Fsp3) is 0.105. The lowest BCUT2D eigenvalue weighted by Gasteiger charge is -2.07. The van der Waals surface area contributed by atoms with Gasteiger partial charge in [0.05, 0.1) is 0 Å². The van der Waals surface area contributed by atoms with E-state index in [2.05, 4.69) is 16.0 Å². The lowest BCUT2D eigenvalue weighted by Crippen LogP contribution is -2.14. The van der Waals surface area contributed by atoms with Crippen molar-refractivity contribution in [2.75, 3.05) is 16.0 Å². The quantitative estimate of drug-likeness (QED) is 0.577. The largest absolute Gasteiger partial charge is 0.360 e. The summed E-state index contributed by atoms with van der Waals surface area (Å²) in [5, 5.41) is 17.4. The Hall–Kier alpha value is -3.59.